The van der Waals surface area contributed by atoms with Crippen molar-refractivity contribution in [2.24, 2.45) is 0 Å². The van der Waals surface area contributed by atoms with Crippen LogP contribution >= 0.6 is 12.4 Å². The van der Waals surface area contributed by atoms with Gasteiger partial charge in [0, 0.05) is 55.8 Å². The largest absolute Gasteiger partial charge is 0.507 e. The summed E-state index contributed by atoms with van der Waals surface area (Å²) < 4.78 is 5.84. The zero-order valence-electron chi connectivity index (χ0n) is 18.6. The molecule has 0 amide bonds. The van der Waals surface area contributed by atoms with Crippen molar-refractivity contribution in [3.63, 3.8) is 0 Å². The van der Waals surface area contributed by atoms with Crippen LogP contribution in [0.3, 0.4) is 0 Å². The third-order valence-electron chi connectivity index (χ3n) is 5.42. The summed E-state index contributed by atoms with van der Waals surface area (Å²) in [6.07, 6.45) is 2.66. The molecule has 162 valence electrons. The highest BCUT2D eigenvalue weighted by Crippen LogP contribution is 2.41. The lowest BCUT2D eigenvalue weighted by atomic mass is 9.78. The quantitative estimate of drug-likeness (QED) is 0.760. The van der Waals surface area contributed by atoms with Gasteiger partial charge in [0.2, 0.25) is 5.89 Å². The molecule has 3 rings (SSSR count). The van der Waals surface area contributed by atoms with Crippen molar-refractivity contribution in [3.8, 4) is 17.2 Å². The minimum absolute atomic E-state index is 0. The molecular weight excluding hydrogens is 386 g/mol. The number of phenolic OH excluding ortho intramolecular Hbond substituents is 1. The van der Waals surface area contributed by atoms with Crippen LogP contribution in [0.4, 0.5) is 0 Å². The van der Waals surface area contributed by atoms with Crippen molar-refractivity contribution in [1.29, 1.82) is 0 Å². The molecule has 6 heteroatoms. The molecule has 0 saturated carbocycles. The first kappa shape index (κ1) is 23.7. The van der Waals surface area contributed by atoms with E-state index < -0.39 is 0 Å². The Morgan fingerprint density at radius 3 is 2.10 bits per heavy atom. The average molecular weight is 422 g/mol. The number of rotatable bonds is 4. The van der Waals surface area contributed by atoms with Gasteiger partial charge in [-0.05, 0) is 23.0 Å². The second-order valence-electron chi connectivity index (χ2n) is 9.91. The number of aromatic nitrogens is 1. The Kier molecular flexibility index (Phi) is 7.42. The number of halogens is 1. The summed E-state index contributed by atoms with van der Waals surface area (Å²) in [6.45, 7) is 18.0. The van der Waals surface area contributed by atoms with E-state index in [4.69, 9.17) is 9.40 Å². The van der Waals surface area contributed by atoms with Crippen molar-refractivity contribution < 1.29 is 9.52 Å². The Bertz CT molecular complexity index is 777. The van der Waals surface area contributed by atoms with Gasteiger partial charge in [-0.2, -0.15) is 0 Å². The molecule has 1 aliphatic rings. The number of nitrogens with one attached hydrogen (secondary N) is 1. The van der Waals surface area contributed by atoms with E-state index in [2.05, 4.69) is 51.8 Å². The highest BCUT2D eigenvalue weighted by molar-refractivity contribution is 5.85. The Hall–Kier alpha value is -1.56. The van der Waals surface area contributed by atoms with Gasteiger partial charge in [-0.1, -0.05) is 41.5 Å². The predicted molar refractivity (Wildman–Crippen MR) is 121 cm³/mol. The van der Waals surface area contributed by atoms with Crippen LogP contribution in [0.15, 0.2) is 22.8 Å². The normalized spacial score (nSPS) is 15.9. The van der Waals surface area contributed by atoms with Crippen LogP contribution in [-0.4, -0.2) is 47.7 Å². The second kappa shape index (κ2) is 9.07. The summed E-state index contributed by atoms with van der Waals surface area (Å²) in [5.74, 6) is 1.01. The molecule has 0 spiro atoms. The van der Waals surface area contributed by atoms with Gasteiger partial charge in [0.05, 0.1) is 5.69 Å². The van der Waals surface area contributed by atoms with Crippen molar-refractivity contribution in [1.82, 2.24) is 15.2 Å². The summed E-state index contributed by atoms with van der Waals surface area (Å²) >= 11 is 0. The van der Waals surface area contributed by atoms with Crippen LogP contribution < -0.4 is 5.32 Å². The van der Waals surface area contributed by atoms with Gasteiger partial charge < -0.3 is 19.7 Å². The Balaban J connectivity index is 0.00000300. The molecule has 2 aromatic rings. The lowest BCUT2D eigenvalue weighted by Gasteiger charge is -2.27. The number of benzene rings is 1. The van der Waals surface area contributed by atoms with Gasteiger partial charge in [0.25, 0.3) is 0 Å². The first-order valence-corrected chi connectivity index (χ1v) is 10.3. The maximum Gasteiger partial charge on any atom is 0.226 e. The Morgan fingerprint density at radius 1 is 1.03 bits per heavy atom. The van der Waals surface area contributed by atoms with Crippen molar-refractivity contribution >= 4 is 12.4 Å². The number of hydrogen-bond acceptors (Lipinski definition) is 5. The molecule has 2 N–H and O–H groups in total. The number of piperazine rings is 1. The molecule has 1 saturated heterocycles. The highest BCUT2D eigenvalue weighted by atomic mass is 35.5. The molecule has 29 heavy (non-hydrogen) atoms. The minimum Gasteiger partial charge on any atom is -0.507 e. The first-order valence-electron chi connectivity index (χ1n) is 10.3. The van der Waals surface area contributed by atoms with Crippen LogP contribution in [-0.2, 0) is 17.3 Å². The molecule has 0 aliphatic carbocycles. The summed E-state index contributed by atoms with van der Waals surface area (Å²) in [6, 6.07) is 4.05. The molecule has 0 bridgehead atoms. The average Bonchev–Trinajstić information content (AvgIpc) is 3.08. The second-order valence-corrected chi connectivity index (χ2v) is 9.91. The van der Waals surface area contributed by atoms with E-state index in [1.54, 1.807) is 6.26 Å². The zero-order chi connectivity index (χ0) is 20.5. The first-order chi connectivity index (χ1) is 13.1. The molecule has 1 aromatic heterocycles. The summed E-state index contributed by atoms with van der Waals surface area (Å²) in [4.78, 5) is 7.21. The van der Waals surface area contributed by atoms with E-state index >= 15 is 0 Å². The van der Waals surface area contributed by atoms with Gasteiger partial charge >= 0.3 is 0 Å². The van der Waals surface area contributed by atoms with Crippen LogP contribution in [0.2, 0.25) is 0 Å². The predicted octanol–water partition coefficient (Wildman–Crippen LogP) is 4.51. The third kappa shape index (κ3) is 5.74. The molecule has 2 heterocycles. The molecule has 1 fully saturated rings. The molecule has 1 aromatic carbocycles. The van der Waals surface area contributed by atoms with Crippen LogP contribution in [0.5, 0.6) is 5.75 Å². The fraction of sp³-hybridized carbons (Fsp3) is 0.609. The van der Waals surface area contributed by atoms with Crippen LogP contribution in [0, 0.1) is 0 Å². The Morgan fingerprint density at radius 2 is 1.59 bits per heavy atom. The smallest absolute Gasteiger partial charge is 0.226 e. The molecule has 1 aliphatic heterocycles. The van der Waals surface area contributed by atoms with Crippen molar-refractivity contribution in [2.75, 3.05) is 32.7 Å². The van der Waals surface area contributed by atoms with Gasteiger partial charge in [-0.15, -0.1) is 12.4 Å². The SMILES string of the molecule is CC(C)(C)c1cc(-c2nc(CCN3CCNCC3)co2)cc(C(C)(C)C)c1O.Cl. The van der Waals surface area contributed by atoms with E-state index in [1.807, 2.05) is 12.1 Å². The summed E-state index contributed by atoms with van der Waals surface area (Å²) in [5.41, 5.74) is 3.43. The molecule has 5 nitrogen and oxygen atoms in total. The van der Waals surface area contributed by atoms with Gasteiger partial charge in [-0.25, -0.2) is 4.98 Å². The molecule has 0 atom stereocenters. The maximum absolute atomic E-state index is 10.9. The number of aromatic hydroxyl groups is 1. The van der Waals surface area contributed by atoms with Crippen LogP contribution in [0.1, 0.15) is 58.4 Å². The lowest BCUT2D eigenvalue weighted by molar-refractivity contribution is 0.243. The maximum atomic E-state index is 10.9. The number of phenols is 1. The highest BCUT2D eigenvalue weighted by Gasteiger charge is 2.27. The van der Waals surface area contributed by atoms with E-state index in [1.165, 1.54) is 0 Å². The molecular formula is C23H36ClN3O2. The van der Waals surface area contributed by atoms with Crippen LogP contribution in [0.25, 0.3) is 11.5 Å². The molecule has 0 unspecified atom stereocenters. The summed E-state index contributed by atoms with van der Waals surface area (Å²) in [7, 11) is 0. The molecule has 0 radical (unpaired) electrons. The fourth-order valence-electron chi connectivity index (χ4n) is 3.66. The van der Waals surface area contributed by atoms with E-state index in [-0.39, 0.29) is 23.2 Å². The number of hydrogen-bond donors (Lipinski definition) is 2. The zero-order valence-corrected chi connectivity index (χ0v) is 19.4. The number of nitrogens with zero attached hydrogens (tertiary/aromatic N) is 2. The topological polar surface area (TPSA) is 61.5 Å². The Labute approximate surface area is 181 Å². The third-order valence-corrected chi connectivity index (χ3v) is 5.42. The van der Waals surface area contributed by atoms with Gasteiger partial charge in [0.15, 0.2) is 0 Å². The summed E-state index contributed by atoms with van der Waals surface area (Å²) in [5, 5.41) is 14.3. The van der Waals surface area contributed by atoms with E-state index in [9.17, 15) is 5.11 Å². The number of oxazole rings is 1. The van der Waals surface area contributed by atoms with Gasteiger partial charge in [0.1, 0.15) is 12.0 Å². The monoisotopic (exact) mass is 421 g/mol. The van der Waals surface area contributed by atoms with Gasteiger partial charge in [-0.3, -0.25) is 0 Å². The fourth-order valence-corrected chi connectivity index (χ4v) is 3.66. The van der Waals surface area contributed by atoms with Crippen molar-refractivity contribution in [3.05, 3.63) is 35.2 Å². The van der Waals surface area contributed by atoms with Crippen molar-refractivity contribution in [2.45, 2.75) is 58.8 Å². The lowest BCUT2D eigenvalue weighted by Crippen LogP contribution is -2.44. The standard InChI is InChI=1S/C23H35N3O2.ClH/c1-22(2,3)18-13-16(14-19(20(18)27)23(4,5)6)21-25-17(15-28-21)7-10-26-11-8-24-9-12-26;/h13-15,24,27H,7-12H2,1-6H3;1H. The minimum atomic E-state index is -0.169. The van der Waals surface area contributed by atoms with E-state index in [0.29, 0.717) is 11.6 Å². The van der Waals surface area contributed by atoms with E-state index in [0.717, 1.165) is 61.5 Å².